The summed E-state index contributed by atoms with van der Waals surface area (Å²) in [6, 6.07) is 16.1. The molecule has 1 saturated heterocycles. The van der Waals surface area contributed by atoms with Gasteiger partial charge in [0, 0.05) is 18.7 Å². The van der Waals surface area contributed by atoms with Gasteiger partial charge in [0.05, 0.1) is 12.0 Å². The fraction of sp³-hybridized carbons (Fsp3) is 0.391. The van der Waals surface area contributed by atoms with Crippen LogP contribution in [0.3, 0.4) is 0 Å². The van der Waals surface area contributed by atoms with Crippen molar-refractivity contribution in [2.24, 2.45) is 5.92 Å². The predicted molar refractivity (Wildman–Crippen MR) is 109 cm³/mol. The highest BCUT2D eigenvalue weighted by Gasteiger charge is 2.37. The van der Waals surface area contributed by atoms with Crippen LogP contribution in [0, 0.1) is 5.92 Å². The molecule has 3 rings (SSSR count). The SMILES string of the molecule is CCc1cccc(CC)c1NC(=O)[C@H]1CC(=O)N([C@@H](C)c2ccccc2)C1. The van der Waals surface area contributed by atoms with E-state index in [-0.39, 0.29) is 30.2 Å². The molecule has 4 nitrogen and oxygen atoms in total. The molecule has 4 heteroatoms. The van der Waals surface area contributed by atoms with Gasteiger partial charge in [-0.1, -0.05) is 62.4 Å². The van der Waals surface area contributed by atoms with Crippen LogP contribution >= 0.6 is 0 Å². The first-order chi connectivity index (χ1) is 13.0. The Labute approximate surface area is 161 Å². The topological polar surface area (TPSA) is 49.4 Å². The Morgan fingerprint density at radius 3 is 2.30 bits per heavy atom. The van der Waals surface area contributed by atoms with E-state index in [2.05, 4.69) is 31.3 Å². The first kappa shape index (κ1) is 19.2. The maximum absolute atomic E-state index is 12.9. The Morgan fingerprint density at radius 2 is 1.70 bits per heavy atom. The molecule has 0 unspecified atom stereocenters. The maximum Gasteiger partial charge on any atom is 0.229 e. The number of carbonyl (C=O) groups excluding carboxylic acids is 2. The average Bonchev–Trinajstić information content (AvgIpc) is 3.10. The van der Waals surface area contributed by atoms with Crippen molar-refractivity contribution in [3.8, 4) is 0 Å². The summed E-state index contributed by atoms with van der Waals surface area (Å²) in [6.45, 7) is 6.67. The van der Waals surface area contributed by atoms with Crippen molar-refractivity contribution in [1.29, 1.82) is 0 Å². The number of likely N-dealkylation sites (tertiary alicyclic amines) is 1. The van der Waals surface area contributed by atoms with Gasteiger partial charge in [-0.2, -0.15) is 0 Å². The minimum Gasteiger partial charge on any atom is -0.335 e. The molecule has 2 aromatic carbocycles. The lowest BCUT2D eigenvalue weighted by molar-refractivity contribution is -0.129. The van der Waals surface area contributed by atoms with E-state index in [0.717, 1.165) is 35.2 Å². The third-order valence-electron chi connectivity index (χ3n) is 5.53. The molecule has 1 N–H and O–H groups in total. The summed E-state index contributed by atoms with van der Waals surface area (Å²) in [7, 11) is 0. The summed E-state index contributed by atoms with van der Waals surface area (Å²) in [6.07, 6.45) is 2.01. The number of carbonyl (C=O) groups is 2. The van der Waals surface area contributed by atoms with Gasteiger partial charge in [-0.3, -0.25) is 9.59 Å². The van der Waals surface area contributed by atoms with Crippen LogP contribution in [0.4, 0.5) is 5.69 Å². The molecule has 1 heterocycles. The molecule has 0 spiro atoms. The molecule has 2 aromatic rings. The van der Waals surface area contributed by atoms with Crippen molar-refractivity contribution in [2.45, 2.75) is 46.1 Å². The van der Waals surface area contributed by atoms with Gasteiger partial charge in [0.1, 0.15) is 0 Å². The number of anilines is 1. The predicted octanol–water partition coefficient (Wildman–Crippen LogP) is 4.36. The van der Waals surface area contributed by atoms with Crippen LogP contribution in [0.25, 0.3) is 0 Å². The summed E-state index contributed by atoms with van der Waals surface area (Å²) in [4.78, 5) is 27.3. The van der Waals surface area contributed by atoms with Crippen molar-refractivity contribution in [2.75, 3.05) is 11.9 Å². The number of para-hydroxylation sites is 1. The fourth-order valence-electron chi connectivity index (χ4n) is 3.82. The number of rotatable bonds is 6. The van der Waals surface area contributed by atoms with Gasteiger partial charge in [0.2, 0.25) is 11.8 Å². The lowest BCUT2D eigenvalue weighted by Gasteiger charge is -2.25. The molecule has 2 amide bonds. The quantitative estimate of drug-likeness (QED) is 0.828. The number of hydrogen-bond donors (Lipinski definition) is 1. The van der Waals surface area contributed by atoms with E-state index in [0.29, 0.717) is 6.54 Å². The van der Waals surface area contributed by atoms with E-state index in [1.54, 1.807) is 0 Å². The second-order valence-electron chi connectivity index (χ2n) is 7.18. The summed E-state index contributed by atoms with van der Waals surface area (Å²) < 4.78 is 0. The number of amides is 2. The van der Waals surface area contributed by atoms with Gasteiger partial charge in [-0.05, 0) is 36.5 Å². The summed E-state index contributed by atoms with van der Waals surface area (Å²) in [5.74, 6) is -0.314. The Hall–Kier alpha value is -2.62. The molecular formula is C23H28N2O2. The average molecular weight is 364 g/mol. The first-order valence-electron chi connectivity index (χ1n) is 9.81. The lowest BCUT2D eigenvalue weighted by atomic mass is 10.0. The Kier molecular flexibility index (Phi) is 5.94. The molecule has 142 valence electrons. The lowest BCUT2D eigenvalue weighted by Crippen LogP contribution is -2.30. The monoisotopic (exact) mass is 364 g/mol. The van der Waals surface area contributed by atoms with Crippen LogP contribution in [0.15, 0.2) is 48.5 Å². The molecule has 1 fully saturated rings. The fourth-order valence-corrected chi connectivity index (χ4v) is 3.82. The normalized spacial score (nSPS) is 17.8. The molecule has 0 aromatic heterocycles. The summed E-state index contributed by atoms with van der Waals surface area (Å²) >= 11 is 0. The van der Waals surface area contributed by atoms with E-state index >= 15 is 0 Å². The number of nitrogens with zero attached hydrogens (tertiary/aromatic N) is 1. The van der Waals surface area contributed by atoms with Crippen molar-refractivity contribution in [3.05, 3.63) is 65.2 Å². The standard InChI is InChI=1S/C23H28N2O2/c1-4-17-12-9-13-18(5-2)22(17)24-23(27)20-14-21(26)25(15-20)16(3)19-10-7-6-8-11-19/h6-13,16,20H,4-5,14-15H2,1-3H3,(H,24,27)/t16-,20-/m0/s1. The molecule has 1 aliphatic rings. The molecule has 27 heavy (non-hydrogen) atoms. The van der Waals surface area contributed by atoms with Gasteiger partial charge in [0.15, 0.2) is 0 Å². The highest BCUT2D eigenvalue weighted by Crippen LogP contribution is 2.30. The van der Waals surface area contributed by atoms with E-state index in [1.807, 2.05) is 48.2 Å². The van der Waals surface area contributed by atoms with Crippen molar-refractivity contribution in [3.63, 3.8) is 0 Å². The highest BCUT2D eigenvalue weighted by atomic mass is 16.2. The van der Waals surface area contributed by atoms with E-state index in [9.17, 15) is 9.59 Å². The zero-order chi connectivity index (χ0) is 19.4. The maximum atomic E-state index is 12.9. The van der Waals surface area contributed by atoms with E-state index < -0.39 is 0 Å². The Morgan fingerprint density at radius 1 is 1.07 bits per heavy atom. The first-order valence-corrected chi connectivity index (χ1v) is 9.81. The molecule has 2 atom stereocenters. The minimum atomic E-state index is -0.307. The zero-order valence-electron chi connectivity index (χ0n) is 16.4. The third kappa shape index (κ3) is 4.05. The number of aryl methyl sites for hydroxylation is 2. The second kappa shape index (κ2) is 8.38. The van der Waals surface area contributed by atoms with Gasteiger partial charge >= 0.3 is 0 Å². The Balaban J connectivity index is 1.73. The van der Waals surface area contributed by atoms with Crippen molar-refractivity contribution >= 4 is 17.5 Å². The Bertz CT molecular complexity index is 794. The molecule has 1 aliphatic heterocycles. The largest absolute Gasteiger partial charge is 0.335 e. The molecule has 0 radical (unpaired) electrons. The van der Waals surface area contributed by atoms with Crippen LogP contribution in [0.1, 0.15) is 49.9 Å². The summed E-state index contributed by atoms with van der Waals surface area (Å²) in [5.41, 5.74) is 4.30. The molecule has 0 saturated carbocycles. The van der Waals surface area contributed by atoms with E-state index in [1.165, 1.54) is 0 Å². The van der Waals surface area contributed by atoms with Gasteiger partial charge in [-0.15, -0.1) is 0 Å². The molecule has 0 aliphatic carbocycles. The zero-order valence-corrected chi connectivity index (χ0v) is 16.4. The van der Waals surface area contributed by atoms with Crippen LogP contribution in [0.2, 0.25) is 0 Å². The van der Waals surface area contributed by atoms with Crippen molar-refractivity contribution < 1.29 is 9.59 Å². The minimum absolute atomic E-state index is 0.0226. The number of hydrogen-bond acceptors (Lipinski definition) is 2. The smallest absolute Gasteiger partial charge is 0.229 e. The number of nitrogens with one attached hydrogen (secondary N) is 1. The van der Waals surface area contributed by atoms with Gasteiger partial charge < -0.3 is 10.2 Å². The number of benzene rings is 2. The van der Waals surface area contributed by atoms with Crippen LogP contribution in [-0.2, 0) is 22.4 Å². The second-order valence-corrected chi connectivity index (χ2v) is 7.18. The van der Waals surface area contributed by atoms with Gasteiger partial charge in [-0.25, -0.2) is 0 Å². The molecular weight excluding hydrogens is 336 g/mol. The van der Waals surface area contributed by atoms with Crippen LogP contribution in [-0.4, -0.2) is 23.3 Å². The van der Waals surface area contributed by atoms with Crippen LogP contribution in [0.5, 0.6) is 0 Å². The van der Waals surface area contributed by atoms with E-state index in [4.69, 9.17) is 0 Å². The third-order valence-corrected chi connectivity index (χ3v) is 5.53. The van der Waals surface area contributed by atoms with Gasteiger partial charge in [0.25, 0.3) is 0 Å². The molecule has 0 bridgehead atoms. The van der Waals surface area contributed by atoms with Crippen LogP contribution < -0.4 is 5.32 Å². The highest BCUT2D eigenvalue weighted by molar-refractivity contribution is 5.98. The van der Waals surface area contributed by atoms with Crippen molar-refractivity contribution in [1.82, 2.24) is 4.90 Å². The summed E-state index contributed by atoms with van der Waals surface area (Å²) in [5, 5.41) is 3.12.